The third-order valence-electron chi connectivity index (χ3n) is 3.38. The van der Waals surface area contributed by atoms with Gasteiger partial charge in [0.05, 0.1) is 4.90 Å². The van der Waals surface area contributed by atoms with Crippen LogP contribution in [0.4, 0.5) is 0 Å². The molecule has 9 heteroatoms. The first-order valence-corrected chi connectivity index (χ1v) is 9.32. The minimum absolute atomic E-state index is 0.0873. The fraction of sp³-hybridized carbons (Fsp3) is 0.438. The van der Waals surface area contributed by atoms with Crippen molar-refractivity contribution in [3.63, 3.8) is 0 Å². The van der Waals surface area contributed by atoms with Crippen molar-refractivity contribution in [1.29, 1.82) is 0 Å². The summed E-state index contributed by atoms with van der Waals surface area (Å²) in [5.41, 5.74) is 0.400. The monoisotopic (exact) mass is 367 g/mol. The number of hydrogen-bond acceptors (Lipinski definition) is 6. The Labute approximate surface area is 146 Å². The van der Waals surface area contributed by atoms with Crippen molar-refractivity contribution in [2.45, 2.75) is 31.7 Å². The van der Waals surface area contributed by atoms with E-state index in [0.717, 1.165) is 0 Å². The Kier molecular flexibility index (Phi) is 5.78. The maximum Gasteiger partial charge on any atom is 0.331 e. The normalized spacial score (nSPS) is 17.7. The molecule has 0 saturated heterocycles. The lowest BCUT2D eigenvalue weighted by atomic mass is 10.2. The number of nitrogens with zero attached hydrogens (tertiary/aromatic N) is 1. The van der Waals surface area contributed by atoms with E-state index < -0.39 is 34.5 Å². The van der Waals surface area contributed by atoms with E-state index in [-0.39, 0.29) is 10.7 Å². The van der Waals surface area contributed by atoms with Crippen LogP contribution in [-0.2, 0) is 24.3 Å². The standard InChI is InChI=1S/C16H21N3O5S/c1-10(2)8-17-14(20)9-24-16(21)11(3)18-15-12-6-4-5-7-13(12)25(22,23)19-15/h4-7,10-11H,8-9H2,1-3H3,(H,17,20)(H,18,19)/t11-/m1/s1. The molecule has 1 amide bonds. The van der Waals surface area contributed by atoms with E-state index in [9.17, 15) is 18.0 Å². The molecule has 8 nitrogen and oxygen atoms in total. The number of benzene rings is 1. The SMILES string of the molecule is CC(C)CNC(=O)COC(=O)[C@@H](C)N=C1NS(=O)(=O)c2ccccc21. The number of hydrogen-bond donors (Lipinski definition) is 2. The molecule has 2 N–H and O–H groups in total. The number of fused-ring (bicyclic) bond motifs is 1. The molecular weight excluding hydrogens is 346 g/mol. The quantitative estimate of drug-likeness (QED) is 0.708. The smallest absolute Gasteiger partial charge is 0.331 e. The average Bonchev–Trinajstić information content (AvgIpc) is 2.81. The molecule has 0 fully saturated rings. The van der Waals surface area contributed by atoms with Crippen LogP contribution >= 0.6 is 0 Å². The molecule has 1 heterocycles. The van der Waals surface area contributed by atoms with Crippen LogP contribution in [0.5, 0.6) is 0 Å². The first-order valence-electron chi connectivity index (χ1n) is 7.84. The van der Waals surface area contributed by atoms with E-state index in [0.29, 0.717) is 18.0 Å². The minimum Gasteiger partial charge on any atom is -0.454 e. The van der Waals surface area contributed by atoms with Gasteiger partial charge in [-0.05, 0) is 25.0 Å². The second-order valence-electron chi connectivity index (χ2n) is 6.06. The van der Waals surface area contributed by atoms with Gasteiger partial charge in [0, 0.05) is 12.1 Å². The molecule has 0 bridgehead atoms. The number of carbonyl (C=O) groups excluding carboxylic acids is 2. The molecule has 1 aliphatic rings. The molecule has 0 unspecified atom stereocenters. The largest absolute Gasteiger partial charge is 0.454 e. The molecule has 0 radical (unpaired) electrons. The summed E-state index contributed by atoms with van der Waals surface area (Å²) in [4.78, 5) is 27.7. The van der Waals surface area contributed by atoms with Crippen molar-refractivity contribution in [3.8, 4) is 0 Å². The lowest BCUT2D eigenvalue weighted by molar-refractivity contribution is -0.149. The van der Waals surface area contributed by atoms with Crippen molar-refractivity contribution >= 4 is 27.7 Å². The van der Waals surface area contributed by atoms with E-state index >= 15 is 0 Å². The summed E-state index contributed by atoms with van der Waals surface area (Å²) in [6.07, 6.45) is 0. The number of ether oxygens (including phenoxy) is 1. The van der Waals surface area contributed by atoms with Crippen molar-refractivity contribution in [1.82, 2.24) is 10.0 Å². The van der Waals surface area contributed by atoms with Gasteiger partial charge in [0.15, 0.2) is 6.61 Å². The summed E-state index contributed by atoms with van der Waals surface area (Å²) in [6.45, 7) is 5.46. The number of rotatable bonds is 6. The van der Waals surface area contributed by atoms with Crippen molar-refractivity contribution in [3.05, 3.63) is 29.8 Å². The molecular formula is C16H21N3O5S. The van der Waals surface area contributed by atoms with E-state index in [1.165, 1.54) is 13.0 Å². The first-order chi connectivity index (χ1) is 11.7. The van der Waals surface area contributed by atoms with Gasteiger partial charge in [-0.2, -0.15) is 0 Å². The van der Waals surface area contributed by atoms with E-state index in [1.807, 2.05) is 13.8 Å². The van der Waals surface area contributed by atoms with Crippen LogP contribution in [0.3, 0.4) is 0 Å². The summed E-state index contributed by atoms with van der Waals surface area (Å²) in [5.74, 6) is -0.727. The molecule has 1 atom stereocenters. The van der Waals surface area contributed by atoms with E-state index in [2.05, 4.69) is 15.0 Å². The Bertz CT molecular complexity index is 802. The Morgan fingerprint density at radius 1 is 1.24 bits per heavy atom. The maximum absolute atomic E-state index is 12.0. The Morgan fingerprint density at radius 3 is 2.60 bits per heavy atom. The van der Waals surface area contributed by atoms with Gasteiger partial charge in [-0.15, -0.1) is 0 Å². The van der Waals surface area contributed by atoms with E-state index in [4.69, 9.17) is 4.74 Å². The molecule has 1 aromatic rings. The highest BCUT2D eigenvalue weighted by atomic mass is 32.2. The maximum atomic E-state index is 12.0. The molecule has 1 aliphatic heterocycles. The highest BCUT2D eigenvalue weighted by molar-refractivity contribution is 7.90. The number of aliphatic imine (C=N–C) groups is 1. The third kappa shape index (κ3) is 4.79. The molecule has 0 aliphatic carbocycles. The molecule has 1 aromatic carbocycles. The number of amidine groups is 1. The first kappa shape index (κ1) is 18.9. The highest BCUT2D eigenvalue weighted by Crippen LogP contribution is 2.22. The van der Waals surface area contributed by atoms with E-state index in [1.54, 1.807) is 18.2 Å². The molecule has 0 saturated carbocycles. The lowest BCUT2D eigenvalue weighted by Crippen LogP contribution is -2.33. The van der Waals surface area contributed by atoms with Crippen LogP contribution in [-0.4, -0.2) is 45.3 Å². The molecule has 25 heavy (non-hydrogen) atoms. The fourth-order valence-corrected chi connectivity index (χ4v) is 3.34. The van der Waals surface area contributed by atoms with Crippen LogP contribution in [0.2, 0.25) is 0 Å². The van der Waals surface area contributed by atoms with Crippen LogP contribution < -0.4 is 10.0 Å². The van der Waals surface area contributed by atoms with Crippen LogP contribution in [0.15, 0.2) is 34.2 Å². The Balaban J connectivity index is 2.00. The number of esters is 1. The predicted octanol–water partition coefficient (Wildman–Crippen LogP) is 0.429. The zero-order chi connectivity index (χ0) is 18.6. The van der Waals surface area contributed by atoms with Crippen molar-refractivity contribution in [2.75, 3.05) is 13.2 Å². The second-order valence-corrected chi connectivity index (χ2v) is 7.71. The highest BCUT2D eigenvalue weighted by Gasteiger charge is 2.31. The Morgan fingerprint density at radius 2 is 1.92 bits per heavy atom. The van der Waals surface area contributed by atoms with Crippen LogP contribution in [0.25, 0.3) is 0 Å². The molecule has 136 valence electrons. The number of nitrogens with one attached hydrogen (secondary N) is 2. The van der Waals surface area contributed by atoms with Gasteiger partial charge in [0.25, 0.3) is 15.9 Å². The summed E-state index contributed by atoms with van der Waals surface area (Å²) >= 11 is 0. The van der Waals surface area contributed by atoms with Crippen LogP contribution in [0.1, 0.15) is 26.3 Å². The van der Waals surface area contributed by atoms with Gasteiger partial charge in [-0.1, -0.05) is 26.0 Å². The predicted molar refractivity (Wildman–Crippen MR) is 91.6 cm³/mol. The van der Waals surface area contributed by atoms with Gasteiger partial charge < -0.3 is 10.1 Å². The zero-order valence-corrected chi connectivity index (χ0v) is 15.1. The van der Waals surface area contributed by atoms with Gasteiger partial charge >= 0.3 is 5.97 Å². The summed E-state index contributed by atoms with van der Waals surface area (Å²) in [5, 5.41) is 2.63. The minimum atomic E-state index is -3.66. The Hall–Kier alpha value is -2.42. The zero-order valence-electron chi connectivity index (χ0n) is 14.3. The van der Waals surface area contributed by atoms with Gasteiger partial charge in [-0.3, -0.25) is 14.5 Å². The van der Waals surface area contributed by atoms with Crippen LogP contribution in [0, 0.1) is 5.92 Å². The van der Waals surface area contributed by atoms with Gasteiger partial charge in [0.2, 0.25) is 0 Å². The molecule has 2 rings (SSSR count). The molecule has 0 aromatic heterocycles. The van der Waals surface area contributed by atoms with Gasteiger partial charge in [-0.25, -0.2) is 13.2 Å². The lowest BCUT2D eigenvalue weighted by Gasteiger charge is -2.10. The summed E-state index contributed by atoms with van der Waals surface area (Å²) in [6, 6.07) is 5.39. The average molecular weight is 367 g/mol. The third-order valence-corrected chi connectivity index (χ3v) is 4.78. The van der Waals surface area contributed by atoms with Crippen molar-refractivity contribution in [2.24, 2.45) is 10.9 Å². The van der Waals surface area contributed by atoms with Gasteiger partial charge in [0.1, 0.15) is 11.9 Å². The summed E-state index contributed by atoms with van der Waals surface area (Å²) < 4.78 is 31.2. The number of amides is 1. The fourth-order valence-electron chi connectivity index (χ4n) is 2.10. The molecule has 0 spiro atoms. The summed E-state index contributed by atoms with van der Waals surface area (Å²) in [7, 11) is -3.66. The topological polar surface area (TPSA) is 114 Å². The van der Waals surface area contributed by atoms with Crippen molar-refractivity contribution < 1.29 is 22.7 Å². The number of sulfonamides is 1. The number of carbonyl (C=O) groups is 2. The second kappa shape index (κ2) is 7.64.